The zero-order valence-electron chi connectivity index (χ0n) is 11.9. The molecule has 104 valence electrons. The molecular formula is C20H18O. The van der Waals surface area contributed by atoms with Crippen LogP contribution in [0.5, 0.6) is 0 Å². The van der Waals surface area contributed by atoms with E-state index in [0.29, 0.717) is 6.42 Å². The number of aryl methyl sites for hydroxylation is 1. The van der Waals surface area contributed by atoms with Gasteiger partial charge in [0.25, 0.3) is 0 Å². The van der Waals surface area contributed by atoms with Crippen molar-refractivity contribution < 1.29 is 5.11 Å². The van der Waals surface area contributed by atoms with Gasteiger partial charge in [0.2, 0.25) is 0 Å². The quantitative estimate of drug-likeness (QED) is 0.848. The van der Waals surface area contributed by atoms with E-state index in [1.54, 1.807) is 0 Å². The number of rotatable bonds is 3. The fourth-order valence-electron chi connectivity index (χ4n) is 2.51. The van der Waals surface area contributed by atoms with E-state index >= 15 is 0 Å². The van der Waals surface area contributed by atoms with Crippen molar-refractivity contribution in [2.75, 3.05) is 0 Å². The molecule has 1 heteroatoms. The van der Waals surface area contributed by atoms with Crippen molar-refractivity contribution in [1.82, 2.24) is 0 Å². The number of fused-ring (bicyclic) bond motifs is 1. The van der Waals surface area contributed by atoms with E-state index in [0.717, 1.165) is 18.4 Å². The summed E-state index contributed by atoms with van der Waals surface area (Å²) >= 11 is 0. The lowest BCUT2D eigenvalue weighted by Gasteiger charge is -2.03. The Morgan fingerprint density at radius 3 is 2.81 bits per heavy atom. The molecule has 0 bridgehead atoms. The predicted molar refractivity (Wildman–Crippen MR) is 86.8 cm³/mol. The largest absolute Gasteiger partial charge is 0.380 e. The first-order valence-electron chi connectivity index (χ1n) is 7.34. The lowest BCUT2D eigenvalue weighted by Crippen LogP contribution is -2.04. The summed E-state index contributed by atoms with van der Waals surface area (Å²) < 4.78 is 0. The van der Waals surface area contributed by atoms with Crippen molar-refractivity contribution in [3.63, 3.8) is 0 Å². The van der Waals surface area contributed by atoms with Crippen LogP contribution in [0, 0.1) is 11.8 Å². The molecule has 0 amide bonds. The van der Waals surface area contributed by atoms with Gasteiger partial charge in [0.05, 0.1) is 0 Å². The molecule has 2 aromatic carbocycles. The van der Waals surface area contributed by atoms with Crippen LogP contribution in [0.4, 0.5) is 0 Å². The van der Waals surface area contributed by atoms with Crippen LogP contribution >= 0.6 is 0 Å². The fraction of sp³-hybridized carbons (Fsp3) is 0.200. The Morgan fingerprint density at radius 2 is 1.95 bits per heavy atom. The number of aliphatic hydroxyl groups excluding tert-OH is 1. The van der Waals surface area contributed by atoms with E-state index in [-0.39, 0.29) is 0 Å². The Balaban J connectivity index is 1.60. The van der Waals surface area contributed by atoms with Gasteiger partial charge < -0.3 is 5.11 Å². The van der Waals surface area contributed by atoms with E-state index < -0.39 is 6.10 Å². The average molecular weight is 274 g/mol. The zero-order valence-corrected chi connectivity index (χ0v) is 11.9. The van der Waals surface area contributed by atoms with Crippen LogP contribution in [0.1, 0.15) is 28.7 Å². The third-order valence-electron chi connectivity index (χ3n) is 3.71. The zero-order chi connectivity index (χ0) is 14.5. The van der Waals surface area contributed by atoms with Gasteiger partial charge in [-0.2, -0.15) is 0 Å². The molecule has 0 aliphatic heterocycles. The molecule has 1 atom stereocenters. The molecule has 1 unspecified atom stereocenters. The second-order valence-electron chi connectivity index (χ2n) is 5.33. The standard InChI is InChI=1S/C20H18O/c21-20(13-10-16-5-2-1-3-6-16)14-11-17-9-12-18-7-4-8-19(18)15-17/h1-6,8-9,12,15,20-21H,7,10,13H2. The Bertz CT molecular complexity index is 702. The molecule has 0 heterocycles. The van der Waals surface area contributed by atoms with Crippen LogP contribution in [0.15, 0.2) is 54.6 Å². The predicted octanol–water partition coefficient (Wildman–Crippen LogP) is 3.60. The first kappa shape index (κ1) is 13.7. The summed E-state index contributed by atoms with van der Waals surface area (Å²) in [6.07, 6.45) is 6.26. The summed E-state index contributed by atoms with van der Waals surface area (Å²) in [6, 6.07) is 16.4. The Labute approximate surface area is 126 Å². The summed E-state index contributed by atoms with van der Waals surface area (Å²) in [5.41, 5.74) is 4.81. The molecule has 1 aliphatic rings. The maximum Gasteiger partial charge on any atom is 0.115 e. The minimum Gasteiger partial charge on any atom is -0.380 e. The lowest BCUT2D eigenvalue weighted by molar-refractivity contribution is 0.222. The van der Waals surface area contributed by atoms with Gasteiger partial charge >= 0.3 is 0 Å². The van der Waals surface area contributed by atoms with Crippen LogP contribution in [0.2, 0.25) is 0 Å². The van der Waals surface area contributed by atoms with Crippen molar-refractivity contribution in [2.24, 2.45) is 0 Å². The molecule has 0 radical (unpaired) electrons. The maximum atomic E-state index is 9.98. The Morgan fingerprint density at radius 1 is 1.10 bits per heavy atom. The number of benzene rings is 2. The van der Waals surface area contributed by atoms with Crippen molar-refractivity contribution in [3.8, 4) is 11.8 Å². The summed E-state index contributed by atoms with van der Waals surface area (Å²) in [5, 5.41) is 9.98. The second-order valence-corrected chi connectivity index (χ2v) is 5.33. The highest BCUT2D eigenvalue weighted by Crippen LogP contribution is 2.20. The van der Waals surface area contributed by atoms with Gasteiger partial charge in [-0.3, -0.25) is 0 Å². The van der Waals surface area contributed by atoms with Gasteiger partial charge in [0, 0.05) is 5.56 Å². The third-order valence-corrected chi connectivity index (χ3v) is 3.71. The van der Waals surface area contributed by atoms with Crippen LogP contribution in [-0.4, -0.2) is 11.2 Å². The van der Waals surface area contributed by atoms with Crippen molar-refractivity contribution in [1.29, 1.82) is 0 Å². The normalized spacial score (nSPS) is 13.4. The van der Waals surface area contributed by atoms with Gasteiger partial charge in [0.1, 0.15) is 6.10 Å². The molecule has 0 fully saturated rings. The molecule has 2 aromatic rings. The van der Waals surface area contributed by atoms with Crippen LogP contribution in [0.3, 0.4) is 0 Å². The minimum absolute atomic E-state index is 0.575. The topological polar surface area (TPSA) is 20.2 Å². The molecule has 0 aromatic heterocycles. The SMILES string of the molecule is OC(C#Cc1ccc2c(c1)C=CC2)CCc1ccccc1. The summed E-state index contributed by atoms with van der Waals surface area (Å²) in [6.45, 7) is 0. The summed E-state index contributed by atoms with van der Waals surface area (Å²) in [4.78, 5) is 0. The maximum absolute atomic E-state index is 9.98. The van der Waals surface area contributed by atoms with Gasteiger partial charge in [-0.15, -0.1) is 0 Å². The third kappa shape index (κ3) is 3.62. The second kappa shape index (κ2) is 6.43. The van der Waals surface area contributed by atoms with Crippen molar-refractivity contribution in [2.45, 2.75) is 25.4 Å². The molecule has 1 nitrogen and oxygen atoms in total. The summed E-state index contributed by atoms with van der Waals surface area (Å²) in [7, 11) is 0. The Hall–Kier alpha value is -2.30. The highest BCUT2D eigenvalue weighted by molar-refractivity contribution is 5.62. The van der Waals surface area contributed by atoms with E-state index in [4.69, 9.17) is 0 Å². The molecule has 0 saturated heterocycles. The van der Waals surface area contributed by atoms with Crippen LogP contribution in [0.25, 0.3) is 6.08 Å². The molecule has 1 N–H and O–H groups in total. The lowest BCUT2D eigenvalue weighted by atomic mass is 10.0. The molecule has 0 saturated carbocycles. The number of hydrogen-bond donors (Lipinski definition) is 1. The highest BCUT2D eigenvalue weighted by atomic mass is 16.3. The average Bonchev–Trinajstić information content (AvgIpc) is 2.99. The smallest absolute Gasteiger partial charge is 0.115 e. The van der Waals surface area contributed by atoms with Crippen molar-refractivity contribution >= 4 is 6.08 Å². The van der Waals surface area contributed by atoms with Gasteiger partial charge in [-0.25, -0.2) is 0 Å². The molecule has 3 rings (SSSR count). The molecule has 0 spiro atoms. The first-order chi connectivity index (χ1) is 10.3. The van der Waals surface area contributed by atoms with Crippen LogP contribution in [-0.2, 0) is 12.8 Å². The van der Waals surface area contributed by atoms with Gasteiger partial charge in [0.15, 0.2) is 0 Å². The van der Waals surface area contributed by atoms with Gasteiger partial charge in [-0.1, -0.05) is 60.4 Å². The van der Waals surface area contributed by atoms with Crippen LogP contribution < -0.4 is 0 Å². The molecular weight excluding hydrogens is 256 g/mol. The van der Waals surface area contributed by atoms with Gasteiger partial charge in [-0.05, 0) is 48.1 Å². The monoisotopic (exact) mass is 274 g/mol. The van der Waals surface area contributed by atoms with Crippen molar-refractivity contribution in [3.05, 3.63) is 76.9 Å². The van der Waals surface area contributed by atoms with E-state index in [9.17, 15) is 5.11 Å². The fourth-order valence-corrected chi connectivity index (χ4v) is 2.51. The summed E-state index contributed by atoms with van der Waals surface area (Å²) in [5.74, 6) is 6.02. The number of hydrogen-bond acceptors (Lipinski definition) is 1. The first-order valence-corrected chi connectivity index (χ1v) is 7.34. The number of aliphatic hydroxyl groups is 1. The number of allylic oxidation sites excluding steroid dienone is 1. The van der Waals surface area contributed by atoms with E-state index in [2.05, 4.69) is 48.3 Å². The van der Waals surface area contributed by atoms with E-state index in [1.807, 2.05) is 24.3 Å². The van der Waals surface area contributed by atoms with E-state index in [1.165, 1.54) is 16.7 Å². The minimum atomic E-state index is -0.575. The highest BCUT2D eigenvalue weighted by Gasteiger charge is 2.04. The molecule has 1 aliphatic carbocycles. The Kier molecular flexibility index (Phi) is 4.19. The molecule has 21 heavy (non-hydrogen) atoms.